The number of aromatic nitrogens is 7. The summed E-state index contributed by atoms with van der Waals surface area (Å²) in [5, 5.41) is 8.78. The van der Waals surface area contributed by atoms with Crippen LogP contribution in [0.5, 0.6) is 0 Å². The third-order valence-corrected chi connectivity index (χ3v) is 4.78. The first-order valence-electron chi connectivity index (χ1n) is 8.33. The summed E-state index contributed by atoms with van der Waals surface area (Å²) in [6.07, 6.45) is 6.28. The SMILES string of the molecule is c1nc(N2CCc3nnc([C@@H]4CCCO4)n3CC2)c2[nH]cnc2n1. The molecule has 0 spiro atoms. The number of H-pyrrole nitrogens is 1. The van der Waals surface area contributed by atoms with Crippen molar-refractivity contribution >= 4 is 17.0 Å². The highest BCUT2D eigenvalue weighted by Crippen LogP contribution is 2.29. The Morgan fingerprint density at radius 1 is 1.12 bits per heavy atom. The molecule has 0 amide bonds. The van der Waals surface area contributed by atoms with Crippen molar-refractivity contribution in [2.24, 2.45) is 0 Å². The molecule has 3 aromatic heterocycles. The third kappa shape index (κ3) is 2.15. The number of nitrogens with one attached hydrogen (secondary N) is 1. The maximum absolute atomic E-state index is 5.79. The van der Waals surface area contributed by atoms with E-state index < -0.39 is 0 Å². The van der Waals surface area contributed by atoms with E-state index in [-0.39, 0.29) is 6.10 Å². The van der Waals surface area contributed by atoms with E-state index in [4.69, 9.17) is 4.74 Å². The first kappa shape index (κ1) is 13.8. The number of anilines is 1. The minimum Gasteiger partial charge on any atom is -0.370 e. The Kier molecular flexibility index (Phi) is 3.18. The van der Waals surface area contributed by atoms with Crippen molar-refractivity contribution in [3.8, 4) is 0 Å². The molecule has 0 radical (unpaired) electrons. The van der Waals surface area contributed by atoms with E-state index in [9.17, 15) is 0 Å². The summed E-state index contributed by atoms with van der Waals surface area (Å²) in [6, 6.07) is 0. The molecule has 3 aromatic rings. The molecule has 0 aliphatic carbocycles. The maximum Gasteiger partial charge on any atom is 0.182 e. The van der Waals surface area contributed by atoms with Crippen LogP contribution in [0.1, 0.15) is 30.6 Å². The number of ether oxygens (including phenoxy) is 1. The number of fused-ring (bicyclic) bond motifs is 2. The highest BCUT2D eigenvalue weighted by Gasteiger charge is 2.27. The van der Waals surface area contributed by atoms with Gasteiger partial charge in [-0.05, 0) is 12.8 Å². The lowest BCUT2D eigenvalue weighted by atomic mass is 10.2. The highest BCUT2D eigenvalue weighted by atomic mass is 16.5. The Hall–Kier alpha value is -2.55. The van der Waals surface area contributed by atoms with Gasteiger partial charge < -0.3 is 19.2 Å². The topological polar surface area (TPSA) is 97.6 Å². The van der Waals surface area contributed by atoms with Crippen molar-refractivity contribution < 1.29 is 4.74 Å². The first-order valence-corrected chi connectivity index (χ1v) is 8.33. The van der Waals surface area contributed by atoms with Crippen LogP contribution < -0.4 is 4.90 Å². The Morgan fingerprint density at radius 3 is 3.04 bits per heavy atom. The standard InChI is InChI=1S/C15H18N8O/c1-2-10(24-7-1)14-21-20-11-3-4-22(5-6-23(11)14)15-12-13(17-8-16-12)18-9-19-15/h8-10H,1-7H2,(H,16,17,18,19)/t10-/m0/s1. The Morgan fingerprint density at radius 2 is 2.12 bits per heavy atom. The van der Waals surface area contributed by atoms with Crippen molar-refractivity contribution in [2.75, 3.05) is 24.6 Å². The van der Waals surface area contributed by atoms with Gasteiger partial charge in [0.05, 0.1) is 6.33 Å². The van der Waals surface area contributed by atoms with Gasteiger partial charge >= 0.3 is 0 Å². The fourth-order valence-electron chi connectivity index (χ4n) is 3.57. The van der Waals surface area contributed by atoms with Gasteiger partial charge in [-0.3, -0.25) is 0 Å². The van der Waals surface area contributed by atoms with Gasteiger partial charge in [0, 0.05) is 32.7 Å². The van der Waals surface area contributed by atoms with E-state index in [2.05, 4.69) is 39.6 Å². The molecule has 1 fully saturated rings. The number of rotatable bonds is 2. The van der Waals surface area contributed by atoms with Gasteiger partial charge in [-0.25, -0.2) is 15.0 Å². The summed E-state index contributed by atoms with van der Waals surface area (Å²) >= 11 is 0. The van der Waals surface area contributed by atoms with Gasteiger partial charge in [-0.2, -0.15) is 0 Å². The maximum atomic E-state index is 5.79. The summed E-state index contributed by atoms with van der Waals surface area (Å²) in [5.41, 5.74) is 1.58. The lowest BCUT2D eigenvalue weighted by molar-refractivity contribution is 0.101. The minimum absolute atomic E-state index is 0.0937. The molecule has 1 atom stereocenters. The van der Waals surface area contributed by atoms with Crippen molar-refractivity contribution in [1.82, 2.24) is 34.7 Å². The summed E-state index contributed by atoms with van der Waals surface area (Å²) < 4.78 is 8.02. The van der Waals surface area contributed by atoms with Crippen LogP contribution >= 0.6 is 0 Å². The monoisotopic (exact) mass is 326 g/mol. The van der Waals surface area contributed by atoms with Crippen LogP contribution in [-0.4, -0.2) is 54.4 Å². The minimum atomic E-state index is 0.0937. The lowest BCUT2D eigenvalue weighted by Gasteiger charge is -2.21. The Bertz CT molecular complexity index is 865. The molecule has 24 heavy (non-hydrogen) atoms. The van der Waals surface area contributed by atoms with Crippen LogP contribution in [-0.2, 0) is 17.7 Å². The van der Waals surface area contributed by atoms with Gasteiger partial charge in [0.15, 0.2) is 17.3 Å². The normalized spacial score (nSPS) is 21.2. The van der Waals surface area contributed by atoms with Crippen LogP contribution in [0, 0.1) is 0 Å². The zero-order valence-electron chi connectivity index (χ0n) is 13.2. The fraction of sp³-hybridized carbons (Fsp3) is 0.533. The Balaban J connectivity index is 1.44. The average molecular weight is 326 g/mol. The molecule has 0 unspecified atom stereocenters. The summed E-state index contributed by atoms with van der Waals surface area (Å²) in [7, 11) is 0. The van der Waals surface area contributed by atoms with E-state index in [1.54, 1.807) is 12.7 Å². The van der Waals surface area contributed by atoms with Crippen LogP contribution in [0.2, 0.25) is 0 Å². The summed E-state index contributed by atoms with van der Waals surface area (Å²) in [4.78, 5) is 18.3. The summed E-state index contributed by atoms with van der Waals surface area (Å²) in [6.45, 7) is 3.33. The van der Waals surface area contributed by atoms with Crippen molar-refractivity contribution in [2.45, 2.75) is 31.9 Å². The molecule has 0 aromatic carbocycles. The summed E-state index contributed by atoms with van der Waals surface area (Å²) in [5.74, 6) is 2.89. The molecule has 5 heterocycles. The molecular formula is C15H18N8O. The Labute approximate surface area is 138 Å². The largest absolute Gasteiger partial charge is 0.370 e. The molecule has 1 saturated heterocycles. The molecule has 9 heteroatoms. The molecule has 0 saturated carbocycles. The highest BCUT2D eigenvalue weighted by molar-refractivity contribution is 5.82. The third-order valence-electron chi connectivity index (χ3n) is 4.78. The molecule has 5 rings (SSSR count). The predicted octanol–water partition coefficient (Wildman–Crippen LogP) is 0.859. The van der Waals surface area contributed by atoms with Gasteiger partial charge in [-0.15, -0.1) is 10.2 Å². The zero-order chi connectivity index (χ0) is 15.9. The molecule has 2 aliphatic rings. The number of aromatic amines is 1. The molecule has 0 bridgehead atoms. The molecular weight excluding hydrogens is 308 g/mol. The van der Waals surface area contributed by atoms with Gasteiger partial charge in [0.25, 0.3) is 0 Å². The first-order chi connectivity index (χ1) is 11.9. The zero-order valence-corrected chi connectivity index (χ0v) is 13.2. The fourth-order valence-corrected chi connectivity index (χ4v) is 3.57. The smallest absolute Gasteiger partial charge is 0.182 e. The predicted molar refractivity (Wildman–Crippen MR) is 85.5 cm³/mol. The van der Waals surface area contributed by atoms with Crippen LogP contribution in [0.15, 0.2) is 12.7 Å². The van der Waals surface area contributed by atoms with Gasteiger partial charge in [0.2, 0.25) is 0 Å². The van der Waals surface area contributed by atoms with Crippen molar-refractivity contribution in [3.05, 3.63) is 24.3 Å². The quantitative estimate of drug-likeness (QED) is 0.746. The molecule has 9 nitrogen and oxygen atoms in total. The molecule has 2 aliphatic heterocycles. The van der Waals surface area contributed by atoms with E-state index in [0.29, 0.717) is 5.65 Å². The number of nitrogens with zero attached hydrogens (tertiary/aromatic N) is 7. The molecule has 1 N–H and O–H groups in total. The van der Waals surface area contributed by atoms with Gasteiger partial charge in [-0.1, -0.05) is 0 Å². The van der Waals surface area contributed by atoms with E-state index in [1.807, 2.05) is 0 Å². The lowest BCUT2D eigenvalue weighted by Crippen LogP contribution is -2.28. The van der Waals surface area contributed by atoms with Crippen molar-refractivity contribution in [3.63, 3.8) is 0 Å². The number of hydrogen-bond acceptors (Lipinski definition) is 7. The second-order valence-electron chi connectivity index (χ2n) is 6.16. The van der Waals surface area contributed by atoms with E-state index in [1.165, 1.54) is 0 Å². The van der Waals surface area contributed by atoms with Gasteiger partial charge in [0.1, 0.15) is 23.8 Å². The second-order valence-corrected chi connectivity index (χ2v) is 6.16. The van der Waals surface area contributed by atoms with E-state index >= 15 is 0 Å². The molecule has 124 valence electrons. The van der Waals surface area contributed by atoms with Crippen LogP contribution in [0.25, 0.3) is 11.2 Å². The van der Waals surface area contributed by atoms with Crippen LogP contribution in [0.4, 0.5) is 5.82 Å². The number of imidazole rings is 1. The van der Waals surface area contributed by atoms with Crippen molar-refractivity contribution in [1.29, 1.82) is 0 Å². The van der Waals surface area contributed by atoms with Crippen LogP contribution in [0.3, 0.4) is 0 Å². The van der Waals surface area contributed by atoms with E-state index in [0.717, 1.165) is 68.5 Å². The number of hydrogen-bond donors (Lipinski definition) is 1. The second kappa shape index (κ2) is 5.52. The average Bonchev–Trinajstić information content (AvgIpc) is 3.32.